The summed E-state index contributed by atoms with van der Waals surface area (Å²) in [6, 6.07) is 13.2. The van der Waals surface area contributed by atoms with Gasteiger partial charge in [-0.15, -0.1) is 0 Å². The molecule has 1 aliphatic heterocycles. The Labute approximate surface area is 161 Å². The van der Waals surface area contributed by atoms with Crippen LogP contribution >= 0.6 is 0 Å². The van der Waals surface area contributed by atoms with Gasteiger partial charge in [-0.2, -0.15) is 0 Å². The average molecular weight is 372 g/mol. The Morgan fingerprint density at radius 1 is 1.04 bits per heavy atom. The molecule has 1 saturated heterocycles. The molecule has 4 nitrogen and oxygen atoms in total. The average Bonchev–Trinajstić information content (AvgIpc) is 2.65. The van der Waals surface area contributed by atoms with Crippen LogP contribution in [0.4, 0.5) is 10.1 Å². The van der Waals surface area contributed by atoms with Crippen molar-refractivity contribution >= 4 is 11.6 Å². The fraction of sp³-hybridized carbons (Fsp3) is 0.409. The Hall–Kier alpha value is -2.24. The molecule has 5 heteroatoms. The monoisotopic (exact) mass is 371 g/mol. The normalized spacial score (nSPS) is 20.9. The summed E-state index contributed by atoms with van der Waals surface area (Å²) in [7, 11) is 0. The molecule has 1 atom stereocenters. The van der Waals surface area contributed by atoms with E-state index in [1.54, 1.807) is 0 Å². The van der Waals surface area contributed by atoms with Crippen LogP contribution in [-0.2, 0) is 4.79 Å². The van der Waals surface area contributed by atoms with Gasteiger partial charge in [-0.05, 0) is 44.0 Å². The van der Waals surface area contributed by atoms with Gasteiger partial charge in [0.1, 0.15) is 38.0 Å². The lowest BCUT2D eigenvalue weighted by Gasteiger charge is -2.33. The van der Waals surface area contributed by atoms with Gasteiger partial charge in [0.15, 0.2) is 6.54 Å². The first-order valence-corrected chi connectivity index (χ1v) is 9.73. The lowest BCUT2D eigenvalue weighted by Crippen LogP contribution is -3.28. The van der Waals surface area contributed by atoms with Crippen LogP contribution in [-0.4, -0.2) is 38.6 Å². The van der Waals surface area contributed by atoms with Crippen LogP contribution in [0, 0.1) is 19.7 Å². The largest absolute Gasteiger partial charge is 0.321 e. The summed E-state index contributed by atoms with van der Waals surface area (Å²) < 4.78 is 13.1. The van der Waals surface area contributed by atoms with Gasteiger partial charge >= 0.3 is 0 Å². The molecule has 144 valence electrons. The highest BCUT2D eigenvalue weighted by atomic mass is 19.1. The van der Waals surface area contributed by atoms with E-state index in [1.807, 2.05) is 44.2 Å². The highest BCUT2D eigenvalue weighted by molar-refractivity contribution is 5.93. The zero-order valence-electron chi connectivity index (χ0n) is 16.4. The van der Waals surface area contributed by atoms with Crippen molar-refractivity contribution < 1.29 is 19.0 Å². The molecule has 2 aromatic carbocycles. The molecule has 0 spiro atoms. The van der Waals surface area contributed by atoms with Gasteiger partial charge in [0.2, 0.25) is 0 Å². The SMILES string of the molecule is Cc1cccc(C)c1NC(=O)C[NH+]1CC[NH+]([C@@H](C)c2ccc(F)cc2)CC1. The fourth-order valence-electron chi connectivity index (χ4n) is 3.94. The van der Waals surface area contributed by atoms with Crippen LogP contribution in [0.1, 0.15) is 29.7 Å². The molecule has 1 heterocycles. The quantitative estimate of drug-likeness (QED) is 0.719. The maximum Gasteiger partial charge on any atom is 0.279 e. The number of hydrogen-bond acceptors (Lipinski definition) is 1. The van der Waals surface area contributed by atoms with Gasteiger partial charge < -0.3 is 15.1 Å². The number of carbonyl (C=O) groups excluding carboxylic acids is 1. The van der Waals surface area contributed by atoms with E-state index < -0.39 is 0 Å². The minimum atomic E-state index is -0.190. The smallest absolute Gasteiger partial charge is 0.279 e. The first-order chi connectivity index (χ1) is 12.9. The third-order valence-corrected chi connectivity index (χ3v) is 5.74. The summed E-state index contributed by atoms with van der Waals surface area (Å²) in [6.07, 6.45) is 0. The molecule has 0 aromatic heterocycles. The van der Waals surface area contributed by atoms with E-state index in [2.05, 4.69) is 12.2 Å². The number of carbonyl (C=O) groups is 1. The molecule has 3 rings (SSSR count). The maximum atomic E-state index is 13.1. The van der Waals surface area contributed by atoms with Crippen LogP contribution < -0.4 is 15.1 Å². The number of hydrogen-bond donors (Lipinski definition) is 3. The maximum absolute atomic E-state index is 13.1. The number of anilines is 1. The van der Waals surface area contributed by atoms with Crippen LogP contribution in [0.25, 0.3) is 0 Å². The molecule has 3 N–H and O–H groups in total. The molecule has 1 amide bonds. The molecule has 0 unspecified atom stereocenters. The van der Waals surface area contributed by atoms with E-state index >= 15 is 0 Å². The number of benzene rings is 2. The highest BCUT2D eigenvalue weighted by Crippen LogP contribution is 2.18. The van der Waals surface area contributed by atoms with Crippen molar-refractivity contribution in [3.63, 3.8) is 0 Å². The molecular formula is C22H30FN3O+2. The van der Waals surface area contributed by atoms with E-state index in [1.165, 1.54) is 27.5 Å². The number of rotatable bonds is 5. The minimum absolute atomic E-state index is 0.0810. The van der Waals surface area contributed by atoms with E-state index in [0.717, 1.165) is 43.0 Å². The summed E-state index contributed by atoms with van der Waals surface area (Å²) in [6.45, 7) is 10.7. The number of quaternary nitrogens is 2. The molecule has 2 aromatic rings. The Bertz CT molecular complexity index is 762. The molecule has 0 aliphatic carbocycles. The van der Waals surface area contributed by atoms with Crippen molar-refractivity contribution in [3.8, 4) is 0 Å². The Morgan fingerprint density at radius 3 is 2.22 bits per heavy atom. The van der Waals surface area contributed by atoms with E-state index in [-0.39, 0.29) is 11.7 Å². The third-order valence-electron chi connectivity index (χ3n) is 5.74. The van der Waals surface area contributed by atoms with Gasteiger partial charge in [0, 0.05) is 11.3 Å². The van der Waals surface area contributed by atoms with E-state index in [9.17, 15) is 9.18 Å². The number of halogens is 1. The number of nitrogens with one attached hydrogen (secondary N) is 3. The standard InChI is InChI=1S/C22H28FN3O/c1-16-5-4-6-17(2)22(16)24-21(27)15-25-11-13-26(14-12-25)18(3)19-7-9-20(23)10-8-19/h4-10,18H,11-15H2,1-3H3,(H,24,27)/p+2/t18-/m0/s1. The lowest BCUT2D eigenvalue weighted by atomic mass is 10.1. The van der Waals surface area contributed by atoms with Gasteiger partial charge in [0.25, 0.3) is 5.91 Å². The predicted molar refractivity (Wildman–Crippen MR) is 106 cm³/mol. The van der Waals surface area contributed by atoms with Gasteiger partial charge in [-0.3, -0.25) is 4.79 Å². The fourth-order valence-corrected chi connectivity index (χ4v) is 3.94. The highest BCUT2D eigenvalue weighted by Gasteiger charge is 2.29. The zero-order chi connectivity index (χ0) is 19.4. The molecule has 0 saturated carbocycles. The number of piperazine rings is 1. The van der Waals surface area contributed by atoms with Gasteiger partial charge in [-0.25, -0.2) is 4.39 Å². The zero-order valence-corrected chi connectivity index (χ0v) is 16.4. The summed E-state index contributed by atoms with van der Waals surface area (Å²) in [5, 5.41) is 3.09. The van der Waals surface area contributed by atoms with Crippen molar-refractivity contribution in [2.45, 2.75) is 26.8 Å². The third kappa shape index (κ3) is 4.93. The van der Waals surface area contributed by atoms with E-state index in [4.69, 9.17) is 0 Å². The molecule has 0 radical (unpaired) electrons. The Balaban J connectivity index is 1.50. The Morgan fingerprint density at radius 2 is 1.63 bits per heavy atom. The second-order valence-corrected chi connectivity index (χ2v) is 7.67. The van der Waals surface area contributed by atoms with Gasteiger partial charge in [0.05, 0.1) is 0 Å². The predicted octanol–water partition coefficient (Wildman–Crippen LogP) is 0.926. The second-order valence-electron chi connectivity index (χ2n) is 7.67. The summed E-state index contributed by atoms with van der Waals surface area (Å²) in [5.41, 5.74) is 4.31. The van der Waals surface area contributed by atoms with Crippen LogP contribution in [0.3, 0.4) is 0 Å². The first-order valence-electron chi connectivity index (χ1n) is 9.73. The van der Waals surface area contributed by atoms with Crippen molar-refractivity contribution in [1.29, 1.82) is 0 Å². The van der Waals surface area contributed by atoms with Crippen molar-refractivity contribution in [3.05, 3.63) is 65.0 Å². The molecule has 27 heavy (non-hydrogen) atoms. The molecule has 1 aliphatic rings. The van der Waals surface area contributed by atoms with E-state index in [0.29, 0.717) is 12.6 Å². The van der Waals surface area contributed by atoms with Crippen molar-refractivity contribution in [2.24, 2.45) is 0 Å². The number of aryl methyl sites for hydroxylation is 2. The van der Waals surface area contributed by atoms with Gasteiger partial charge in [-0.1, -0.05) is 30.3 Å². The summed E-state index contributed by atoms with van der Waals surface area (Å²) in [4.78, 5) is 15.3. The molecular weight excluding hydrogens is 341 g/mol. The van der Waals surface area contributed by atoms with Crippen molar-refractivity contribution in [2.75, 3.05) is 38.0 Å². The molecule has 0 bridgehead atoms. The number of amides is 1. The lowest BCUT2D eigenvalue weighted by molar-refractivity contribution is -1.02. The molecule has 1 fully saturated rings. The topological polar surface area (TPSA) is 38.0 Å². The number of para-hydroxylation sites is 1. The first kappa shape index (κ1) is 19.5. The van der Waals surface area contributed by atoms with Crippen LogP contribution in [0.2, 0.25) is 0 Å². The van der Waals surface area contributed by atoms with Crippen molar-refractivity contribution in [1.82, 2.24) is 0 Å². The van der Waals surface area contributed by atoms with Crippen LogP contribution in [0.15, 0.2) is 42.5 Å². The minimum Gasteiger partial charge on any atom is -0.321 e. The summed E-state index contributed by atoms with van der Waals surface area (Å²) in [5.74, 6) is -0.109. The van der Waals surface area contributed by atoms with Crippen LogP contribution in [0.5, 0.6) is 0 Å². The Kier molecular flexibility index (Phi) is 6.24. The summed E-state index contributed by atoms with van der Waals surface area (Å²) >= 11 is 0. The second kappa shape index (κ2) is 8.63.